The first-order chi connectivity index (χ1) is 10.2. The van der Waals surface area contributed by atoms with Crippen LogP contribution in [0.2, 0.25) is 0 Å². The third-order valence-corrected chi connectivity index (χ3v) is 3.34. The van der Waals surface area contributed by atoms with Crippen molar-refractivity contribution in [3.8, 4) is 0 Å². The molecular formula is C15H14N4O2. The second kappa shape index (κ2) is 5.62. The SMILES string of the molecule is O=[N+]([O-])c1ccc(NCCc2c[nH]c3ncccc23)cc1. The molecule has 3 aromatic rings. The molecule has 2 N–H and O–H groups in total. The van der Waals surface area contributed by atoms with Gasteiger partial charge >= 0.3 is 0 Å². The summed E-state index contributed by atoms with van der Waals surface area (Å²) >= 11 is 0. The van der Waals surface area contributed by atoms with Crippen LogP contribution in [0.1, 0.15) is 5.56 Å². The van der Waals surface area contributed by atoms with E-state index in [0.717, 1.165) is 29.7 Å². The number of non-ortho nitro benzene ring substituents is 1. The third-order valence-electron chi connectivity index (χ3n) is 3.34. The van der Waals surface area contributed by atoms with Crippen LogP contribution in [0.5, 0.6) is 0 Å². The van der Waals surface area contributed by atoms with Crippen LogP contribution >= 0.6 is 0 Å². The molecule has 106 valence electrons. The molecule has 0 spiro atoms. The molecule has 6 heteroatoms. The Bertz CT molecular complexity index is 765. The zero-order valence-corrected chi connectivity index (χ0v) is 11.2. The lowest BCUT2D eigenvalue weighted by Gasteiger charge is -2.05. The Kier molecular flexibility index (Phi) is 3.51. The standard InChI is InChI=1S/C15H14N4O2/c20-19(21)13-5-3-12(4-6-13)16-9-7-11-10-18-15-14(11)2-1-8-17-15/h1-6,8,10,16H,7,9H2,(H,17,18). The molecule has 2 heterocycles. The first kappa shape index (κ1) is 13.1. The third kappa shape index (κ3) is 2.84. The molecule has 6 nitrogen and oxygen atoms in total. The molecule has 0 fully saturated rings. The maximum atomic E-state index is 10.6. The molecule has 0 atom stereocenters. The smallest absolute Gasteiger partial charge is 0.269 e. The molecule has 0 saturated heterocycles. The van der Waals surface area contributed by atoms with Crippen LogP contribution in [0, 0.1) is 10.1 Å². The van der Waals surface area contributed by atoms with Gasteiger partial charge in [-0.3, -0.25) is 10.1 Å². The Hall–Kier alpha value is -2.89. The van der Waals surface area contributed by atoms with Crippen LogP contribution < -0.4 is 5.32 Å². The number of fused-ring (bicyclic) bond motifs is 1. The fourth-order valence-corrected chi connectivity index (χ4v) is 2.26. The highest BCUT2D eigenvalue weighted by Gasteiger charge is 2.05. The van der Waals surface area contributed by atoms with E-state index >= 15 is 0 Å². The van der Waals surface area contributed by atoms with Gasteiger partial charge in [-0.2, -0.15) is 0 Å². The minimum Gasteiger partial charge on any atom is -0.385 e. The average molecular weight is 282 g/mol. The highest BCUT2D eigenvalue weighted by molar-refractivity contribution is 5.79. The van der Waals surface area contributed by atoms with E-state index in [2.05, 4.69) is 15.3 Å². The van der Waals surface area contributed by atoms with Crippen molar-refractivity contribution in [2.75, 3.05) is 11.9 Å². The van der Waals surface area contributed by atoms with Crippen molar-refractivity contribution >= 4 is 22.4 Å². The molecule has 2 aromatic heterocycles. The lowest BCUT2D eigenvalue weighted by Crippen LogP contribution is -2.04. The molecule has 0 aliphatic carbocycles. The number of nitrogens with one attached hydrogen (secondary N) is 2. The normalized spacial score (nSPS) is 10.7. The zero-order valence-electron chi connectivity index (χ0n) is 11.2. The molecule has 0 aliphatic heterocycles. The van der Waals surface area contributed by atoms with Crippen molar-refractivity contribution in [3.63, 3.8) is 0 Å². The highest BCUT2D eigenvalue weighted by atomic mass is 16.6. The van der Waals surface area contributed by atoms with Gasteiger partial charge in [0.2, 0.25) is 0 Å². The van der Waals surface area contributed by atoms with Crippen LogP contribution in [0.25, 0.3) is 11.0 Å². The number of anilines is 1. The lowest BCUT2D eigenvalue weighted by atomic mass is 10.1. The van der Waals surface area contributed by atoms with Gasteiger partial charge in [-0.05, 0) is 36.2 Å². The number of rotatable bonds is 5. The topological polar surface area (TPSA) is 83.9 Å². The van der Waals surface area contributed by atoms with Crippen LogP contribution in [0.3, 0.4) is 0 Å². The first-order valence-electron chi connectivity index (χ1n) is 6.63. The number of hydrogen-bond acceptors (Lipinski definition) is 4. The van der Waals surface area contributed by atoms with Crippen LogP contribution in [-0.4, -0.2) is 21.4 Å². The van der Waals surface area contributed by atoms with Crippen LogP contribution in [-0.2, 0) is 6.42 Å². The highest BCUT2D eigenvalue weighted by Crippen LogP contribution is 2.18. The Morgan fingerprint density at radius 1 is 1.24 bits per heavy atom. The summed E-state index contributed by atoms with van der Waals surface area (Å²) in [7, 11) is 0. The molecule has 0 radical (unpaired) electrons. The second-order valence-electron chi connectivity index (χ2n) is 4.69. The number of pyridine rings is 1. The molecule has 21 heavy (non-hydrogen) atoms. The number of nitrogens with zero attached hydrogens (tertiary/aromatic N) is 2. The van der Waals surface area contributed by atoms with E-state index in [1.165, 1.54) is 17.7 Å². The Morgan fingerprint density at radius 2 is 2.05 bits per heavy atom. The fourth-order valence-electron chi connectivity index (χ4n) is 2.26. The Morgan fingerprint density at radius 3 is 2.81 bits per heavy atom. The van der Waals surface area contributed by atoms with Crippen LogP contribution in [0.4, 0.5) is 11.4 Å². The van der Waals surface area contributed by atoms with Gasteiger partial charge in [-0.25, -0.2) is 4.98 Å². The zero-order chi connectivity index (χ0) is 14.7. The quantitative estimate of drug-likeness (QED) is 0.556. The number of aromatic nitrogens is 2. The van der Waals surface area contributed by atoms with E-state index in [9.17, 15) is 10.1 Å². The first-order valence-corrected chi connectivity index (χ1v) is 6.63. The van der Waals surface area contributed by atoms with Gasteiger partial charge in [-0.15, -0.1) is 0 Å². The number of nitro groups is 1. The summed E-state index contributed by atoms with van der Waals surface area (Å²) in [6, 6.07) is 10.4. The molecule has 0 bridgehead atoms. The average Bonchev–Trinajstić information content (AvgIpc) is 2.91. The van der Waals surface area contributed by atoms with E-state index in [0.29, 0.717) is 0 Å². The van der Waals surface area contributed by atoms with Crippen molar-refractivity contribution in [1.82, 2.24) is 9.97 Å². The van der Waals surface area contributed by atoms with Crippen molar-refractivity contribution in [2.45, 2.75) is 6.42 Å². The van der Waals surface area contributed by atoms with Gasteiger partial charge in [0.05, 0.1) is 4.92 Å². The number of H-pyrrole nitrogens is 1. The van der Waals surface area contributed by atoms with Gasteiger partial charge < -0.3 is 10.3 Å². The lowest BCUT2D eigenvalue weighted by molar-refractivity contribution is -0.384. The predicted octanol–water partition coefficient (Wildman–Crippen LogP) is 3.13. The molecule has 0 unspecified atom stereocenters. The molecule has 0 saturated carbocycles. The number of hydrogen-bond donors (Lipinski definition) is 2. The molecule has 0 amide bonds. The van der Waals surface area contributed by atoms with Gasteiger partial charge in [0.15, 0.2) is 0 Å². The maximum Gasteiger partial charge on any atom is 0.269 e. The maximum absolute atomic E-state index is 10.6. The number of nitro benzene ring substituents is 1. The van der Waals surface area contributed by atoms with Gasteiger partial charge in [0.1, 0.15) is 5.65 Å². The van der Waals surface area contributed by atoms with Crippen LogP contribution in [0.15, 0.2) is 48.8 Å². The van der Waals surface area contributed by atoms with Crippen molar-refractivity contribution < 1.29 is 4.92 Å². The summed E-state index contributed by atoms with van der Waals surface area (Å²) < 4.78 is 0. The fraction of sp³-hybridized carbons (Fsp3) is 0.133. The second-order valence-corrected chi connectivity index (χ2v) is 4.69. The minimum atomic E-state index is -0.400. The predicted molar refractivity (Wildman–Crippen MR) is 81.4 cm³/mol. The summed E-state index contributed by atoms with van der Waals surface area (Å²) in [6.45, 7) is 0.750. The molecule has 0 aliphatic rings. The molecule has 1 aromatic carbocycles. The summed E-state index contributed by atoms with van der Waals surface area (Å²) in [6.07, 6.45) is 4.58. The van der Waals surface area contributed by atoms with E-state index in [1.54, 1.807) is 18.3 Å². The van der Waals surface area contributed by atoms with Gasteiger partial charge in [0.25, 0.3) is 5.69 Å². The summed E-state index contributed by atoms with van der Waals surface area (Å²) in [5.74, 6) is 0. The van der Waals surface area contributed by atoms with E-state index < -0.39 is 4.92 Å². The summed E-state index contributed by atoms with van der Waals surface area (Å²) in [5, 5.41) is 15.0. The van der Waals surface area contributed by atoms with Gasteiger partial charge in [0, 0.05) is 42.1 Å². The molecular weight excluding hydrogens is 268 g/mol. The monoisotopic (exact) mass is 282 g/mol. The Balaban J connectivity index is 1.62. The minimum absolute atomic E-state index is 0.100. The van der Waals surface area contributed by atoms with E-state index in [1.807, 2.05) is 18.3 Å². The Labute approximate surface area is 121 Å². The van der Waals surface area contributed by atoms with Crippen molar-refractivity contribution in [1.29, 1.82) is 0 Å². The molecule has 3 rings (SSSR count). The van der Waals surface area contributed by atoms with Crippen molar-refractivity contribution in [3.05, 3.63) is 64.5 Å². The largest absolute Gasteiger partial charge is 0.385 e. The van der Waals surface area contributed by atoms with Gasteiger partial charge in [-0.1, -0.05) is 0 Å². The van der Waals surface area contributed by atoms with E-state index in [-0.39, 0.29) is 5.69 Å². The number of benzene rings is 1. The van der Waals surface area contributed by atoms with E-state index in [4.69, 9.17) is 0 Å². The van der Waals surface area contributed by atoms with Crippen molar-refractivity contribution in [2.24, 2.45) is 0 Å². The summed E-state index contributed by atoms with van der Waals surface area (Å²) in [5.41, 5.74) is 3.07. The number of aromatic amines is 1. The summed E-state index contributed by atoms with van der Waals surface area (Å²) in [4.78, 5) is 17.6.